The summed E-state index contributed by atoms with van der Waals surface area (Å²) in [6.45, 7) is 2.30. The number of fused-ring (bicyclic) bond motifs is 2. The molecule has 2 bridgehead atoms. The molecule has 2 aliphatic rings. The summed E-state index contributed by atoms with van der Waals surface area (Å²) in [4.78, 5) is 0. The van der Waals surface area contributed by atoms with E-state index < -0.39 is 0 Å². The average Bonchev–Trinajstić information content (AvgIpc) is 2.25. The van der Waals surface area contributed by atoms with Crippen LogP contribution in [-0.2, 0) is 0 Å². The smallest absolute Gasteiger partial charge is 0.0159 e. The van der Waals surface area contributed by atoms with Gasteiger partial charge in [-0.2, -0.15) is 0 Å². The third-order valence-corrected chi connectivity index (χ3v) is 3.68. The summed E-state index contributed by atoms with van der Waals surface area (Å²) in [5, 5.41) is 0. The third-order valence-electron chi connectivity index (χ3n) is 3.68. The summed E-state index contributed by atoms with van der Waals surface area (Å²) in [6.07, 6.45) is 8.15. The summed E-state index contributed by atoms with van der Waals surface area (Å²) in [6, 6.07) is 0. The Morgan fingerprint density at radius 2 is 2.27 bits per heavy atom. The highest BCUT2D eigenvalue weighted by Crippen LogP contribution is 2.46. The lowest BCUT2D eigenvalue weighted by Gasteiger charge is -2.34. The van der Waals surface area contributed by atoms with E-state index in [1.165, 1.54) is 38.5 Å². The molecule has 2 rings (SSSR count). The minimum Gasteiger partial charge on any atom is -0.325 e. The molecule has 0 aromatic rings. The summed E-state index contributed by atoms with van der Waals surface area (Å²) < 4.78 is 0. The largest absolute Gasteiger partial charge is 0.325 e. The highest BCUT2D eigenvalue weighted by atomic mass is 14.8. The van der Waals surface area contributed by atoms with Gasteiger partial charge in [-0.05, 0) is 43.9 Å². The first kappa shape index (κ1) is 7.60. The monoisotopic (exact) mass is 153 g/mol. The minimum absolute atomic E-state index is 0.267. The lowest BCUT2D eigenvalue weighted by atomic mass is 9.76. The molecule has 2 fully saturated rings. The van der Waals surface area contributed by atoms with Crippen molar-refractivity contribution in [1.82, 2.24) is 0 Å². The zero-order valence-corrected chi connectivity index (χ0v) is 7.47. The molecule has 0 aromatic heterocycles. The Labute approximate surface area is 69.4 Å². The number of hydrogen-bond acceptors (Lipinski definition) is 1. The van der Waals surface area contributed by atoms with Gasteiger partial charge in [0.15, 0.2) is 0 Å². The van der Waals surface area contributed by atoms with Crippen molar-refractivity contribution < 1.29 is 0 Å². The van der Waals surface area contributed by atoms with Crippen molar-refractivity contribution in [2.75, 3.05) is 0 Å². The highest BCUT2D eigenvalue weighted by molar-refractivity contribution is 4.99. The number of rotatable bonds is 1. The lowest BCUT2D eigenvalue weighted by molar-refractivity contribution is 0.223. The summed E-state index contributed by atoms with van der Waals surface area (Å²) in [7, 11) is 0. The normalized spacial score (nSPS) is 49.6. The van der Waals surface area contributed by atoms with E-state index in [1.807, 2.05) is 0 Å². The highest BCUT2D eigenvalue weighted by Gasteiger charge is 2.42. The molecule has 0 aliphatic heterocycles. The summed E-state index contributed by atoms with van der Waals surface area (Å²) >= 11 is 0. The zero-order chi connectivity index (χ0) is 7.90. The van der Waals surface area contributed by atoms with Crippen LogP contribution in [0.3, 0.4) is 0 Å². The van der Waals surface area contributed by atoms with Crippen molar-refractivity contribution in [3.63, 3.8) is 0 Å². The van der Waals surface area contributed by atoms with Gasteiger partial charge >= 0.3 is 0 Å². The van der Waals surface area contributed by atoms with Crippen molar-refractivity contribution >= 4 is 0 Å². The van der Waals surface area contributed by atoms with Gasteiger partial charge in [0.25, 0.3) is 0 Å². The minimum atomic E-state index is 0.267. The topological polar surface area (TPSA) is 26.0 Å². The molecule has 0 amide bonds. The molecule has 0 saturated heterocycles. The Morgan fingerprint density at radius 3 is 2.91 bits per heavy atom. The standard InChI is InChI=1S/C10H19N/c1-2-8-5-9-3-4-10(11,6-8)7-9/h8-9H,2-7,11H2,1H3. The van der Waals surface area contributed by atoms with Crippen LogP contribution < -0.4 is 5.73 Å². The van der Waals surface area contributed by atoms with Crippen LogP contribution in [0.15, 0.2) is 0 Å². The Kier molecular flexibility index (Phi) is 1.71. The fourth-order valence-electron chi connectivity index (χ4n) is 3.10. The molecule has 0 aromatic carbocycles. The van der Waals surface area contributed by atoms with Crippen molar-refractivity contribution in [3.8, 4) is 0 Å². The van der Waals surface area contributed by atoms with Crippen LogP contribution in [0.5, 0.6) is 0 Å². The average molecular weight is 153 g/mol. The zero-order valence-electron chi connectivity index (χ0n) is 7.47. The lowest BCUT2D eigenvalue weighted by Crippen LogP contribution is -2.41. The second-order valence-electron chi connectivity index (χ2n) is 4.69. The van der Waals surface area contributed by atoms with Gasteiger partial charge < -0.3 is 5.73 Å². The van der Waals surface area contributed by atoms with Crippen LogP contribution >= 0.6 is 0 Å². The predicted octanol–water partition coefficient (Wildman–Crippen LogP) is 2.30. The van der Waals surface area contributed by atoms with E-state index in [0.717, 1.165) is 11.8 Å². The fraction of sp³-hybridized carbons (Fsp3) is 1.00. The van der Waals surface area contributed by atoms with Gasteiger partial charge in [0, 0.05) is 5.54 Å². The SMILES string of the molecule is CCC1CC2CCC(N)(C1)C2. The van der Waals surface area contributed by atoms with Gasteiger partial charge in [0.1, 0.15) is 0 Å². The van der Waals surface area contributed by atoms with Crippen LogP contribution in [0.2, 0.25) is 0 Å². The van der Waals surface area contributed by atoms with Crippen LogP contribution in [0.25, 0.3) is 0 Å². The van der Waals surface area contributed by atoms with E-state index in [9.17, 15) is 0 Å². The molecule has 3 unspecified atom stereocenters. The summed E-state index contributed by atoms with van der Waals surface area (Å²) in [5.41, 5.74) is 6.53. The van der Waals surface area contributed by atoms with Crippen LogP contribution in [-0.4, -0.2) is 5.54 Å². The maximum absolute atomic E-state index is 6.27. The van der Waals surface area contributed by atoms with Crippen LogP contribution in [0.4, 0.5) is 0 Å². The second kappa shape index (κ2) is 2.48. The second-order valence-corrected chi connectivity index (χ2v) is 4.69. The molecular formula is C10H19N. The van der Waals surface area contributed by atoms with E-state index >= 15 is 0 Å². The predicted molar refractivity (Wildman–Crippen MR) is 47.3 cm³/mol. The molecule has 64 valence electrons. The van der Waals surface area contributed by atoms with E-state index in [-0.39, 0.29) is 5.54 Å². The first-order valence-corrected chi connectivity index (χ1v) is 5.01. The van der Waals surface area contributed by atoms with Crippen molar-refractivity contribution in [2.24, 2.45) is 17.6 Å². The summed E-state index contributed by atoms with van der Waals surface area (Å²) in [5.74, 6) is 1.93. The molecule has 0 spiro atoms. The van der Waals surface area contributed by atoms with E-state index in [2.05, 4.69) is 6.92 Å². The Bertz CT molecular complexity index is 155. The van der Waals surface area contributed by atoms with Gasteiger partial charge in [-0.25, -0.2) is 0 Å². The van der Waals surface area contributed by atoms with Crippen LogP contribution in [0.1, 0.15) is 45.4 Å². The van der Waals surface area contributed by atoms with E-state index in [0.29, 0.717) is 0 Å². The maximum atomic E-state index is 6.27. The third kappa shape index (κ3) is 1.31. The van der Waals surface area contributed by atoms with Crippen molar-refractivity contribution in [1.29, 1.82) is 0 Å². The molecule has 2 aliphatic carbocycles. The molecular weight excluding hydrogens is 134 g/mol. The van der Waals surface area contributed by atoms with Gasteiger partial charge in [0.05, 0.1) is 0 Å². The van der Waals surface area contributed by atoms with Gasteiger partial charge in [-0.3, -0.25) is 0 Å². The fourth-order valence-corrected chi connectivity index (χ4v) is 3.10. The first-order chi connectivity index (χ1) is 5.22. The Hall–Kier alpha value is -0.0400. The van der Waals surface area contributed by atoms with Crippen LogP contribution in [0, 0.1) is 11.8 Å². The molecule has 0 heterocycles. The molecule has 2 saturated carbocycles. The van der Waals surface area contributed by atoms with Gasteiger partial charge in [-0.15, -0.1) is 0 Å². The molecule has 1 heteroatoms. The molecule has 2 N–H and O–H groups in total. The van der Waals surface area contributed by atoms with E-state index in [1.54, 1.807) is 0 Å². The Balaban J connectivity index is 2.06. The van der Waals surface area contributed by atoms with Gasteiger partial charge in [-0.1, -0.05) is 13.3 Å². The quantitative estimate of drug-likeness (QED) is 0.614. The number of hydrogen-bond donors (Lipinski definition) is 1. The van der Waals surface area contributed by atoms with Crippen molar-refractivity contribution in [2.45, 2.75) is 51.0 Å². The first-order valence-electron chi connectivity index (χ1n) is 5.01. The maximum Gasteiger partial charge on any atom is 0.0159 e. The number of nitrogens with two attached hydrogens (primary N) is 1. The van der Waals surface area contributed by atoms with Gasteiger partial charge in [0.2, 0.25) is 0 Å². The molecule has 1 nitrogen and oxygen atoms in total. The molecule has 0 radical (unpaired) electrons. The molecule has 3 atom stereocenters. The molecule has 11 heavy (non-hydrogen) atoms. The van der Waals surface area contributed by atoms with Crippen molar-refractivity contribution in [3.05, 3.63) is 0 Å². The van der Waals surface area contributed by atoms with E-state index in [4.69, 9.17) is 5.73 Å². The Morgan fingerprint density at radius 1 is 1.45 bits per heavy atom.